The van der Waals surface area contributed by atoms with Crippen molar-refractivity contribution < 1.29 is 13.2 Å². The van der Waals surface area contributed by atoms with E-state index >= 15 is 0 Å². The molecule has 0 aliphatic rings. The summed E-state index contributed by atoms with van der Waals surface area (Å²) in [4.78, 5) is 12.7. The highest BCUT2D eigenvalue weighted by atomic mass is 28.3. The average Bonchev–Trinajstić information content (AvgIpc) is 3.10. The zero-order valence-electron chi connectivity index (χ0n) is 18.1. The summed E-state index contributed by atoms with van der Waals surface area (Å²) in [6, 6.07) is 12.1. The normalized spacial score (nSPS) is 12.8. The van der Waals surface area contributed by atoms with Crippen molar-refractivity contribution in [2.75, 3.05) is 0 Å². The number of aryl methyl sites for hydroxylation is 1. The first-order chi connectivity index (χ1) is 15.0. The van der Waals surface area contributed by atoms with Gasteiger partial charge in [0.2, 0.25) is 5.78 Å². The van der Waals surface area contributed by atoms with Crippen LogP contribution in [0.2, 0.25) is 19.6 Å². The molecule has 0 radical (unpaired) electrons. The Kier molecular flexibility index (Phi) is 4.43. The minimum absolute atomic E-state index is 0.139. The summed E-state index contributed by atoms with van der Waals surface area (Å²) in [5, 5.41) is 3.48. The predicted molar refractivity (Wildman–Crippen MR) is 124 cm³/mol. The highest BCUT2D eigenvalue weighted by molar-refractivity contribution is 6.90. The number of pyridine rings is 1. The van der Waals surface area contributed by atoms with Gasteiger partial charge in [-0.05, 0) is 29.8 Å². The van der Waals surface area contributed by atoms with Crippen LogP contribution in [0.15, 0.2) is 55.0 Å². The molecule has 0 fully saturated rings. The summed E-state index contributed by atoms with van der Waals surface area (Å²) in [6.45, 7) is 8.86. The van der Waals surface area contributed by atoms with Crippen LogP contribution < -0.4 is 5.19 Å². The molecule has 0 amide bonds. The number of halogens is 3. The Bertz CT molecular complexity index is 1510. The van der Waals surface area contributed by atoms with Crippen molar-refractivity contribution in [1.82, 2.24) is 19.4 Å². The lowest BCUT2D eigenvalue weighted by Crippen LogP contribution is -2.38. The van der Waals surface area contributed by atoms with Crippen LogP contribution in [0.1, 0.15) is 11.1 Å². The Morgan fingerprint density at radius 3 is 2.50 bits per heavy atom. The standard InChI is InChI=1S/C24H21F3N4Si/c1-14-6-7-15-11-16(12-19(17(15)10-14)32(2,3)4)20-22-21(18(13-29-20)24(25,26)27)30-23-28-8-5-9-31(22)23/h5-13H,1-4H3. The van der Waals surface area contributed by atoms with Crippen LogP contribution in [0.4, 0.5) is 13.2 Å². The maximum absolute atomic E-state index is 13.7. The fourth-order valence-corrected chi connectivity index (χ4v) is 5.81. The second kappa shape index (κ2) is 6.87. The molecule has 0 saturated heterocycles. The number of rotatable bonds is 2. The molecule has 5 aromatic rings. The van der Waals surface area contributed by atoms with E-state index in [9.17, 15) is 13.2 Å². The van der Waals surface area contributed by atoms with Crippen molar-refractivity contribution >= 4 is 40.8 Å². The topological polar surface area (TPSA) is 43.1 Å². The molecule has 2 aromatic carbocycles. The summed E-state index contributed by atoms with van der Waals surface area (Å²) < 4.78 is 42.8. The van der Waals surface area contributed by atoms with Gasteiger partial charge < -0.3 is 0 Å². The number of nitrogens with zero attached hydrogens (tertiary/aromatic N) is 4. The second-order valence-electron chi connectivity index (χ2n) is 9.12. The second-order valence-corrected chi connectivity index (χ2v) is 14.2. The van der Waals surface area contributed by atoms with Gasteiger partial charge in [0, 0.05) is 24.2 Å². The molecule has 0 unspecified atom stereocenters. The molecule has 0 spiro atoms. The molecule has 3 heterocycles. The number of fused-ring (bicyclic) bond motifs is 4. The van der Waals surface area contributed by atoms with E-state index in [1.165, 1.54) is 22.3 Å². The van der Waals surface area contributed by atoms with Gasteiger partial charge in [0.25, 0.3) is 0 Å². The third kappa shape index (κ3) is 3.26. The van der Waals surface area contributed by atoms with Crippen molar-refractivity contribution in [3.8, 4) is 11.3 Å². The largest absolute Gasteiger partial charge is 0.420 e. The van der Waals surface area contributed by atoms with E-state index in [0.717, 1.165) is 17.1 Å². The third-order valence-electron chi connectivity index (χ3n) is 5.70. The minimum atomic E-state index is -4.56. The Hall–Kier alpha value is -3.26. The Balaban J connectivity index is 1.91. The van der Waals surface area contributed by atoms with Crippen LogP contribution >= 0.6 is 0 Å². The van der Waals surface area contributed by atoms with Gasteiger partial charge in [0.15, 0.2) is 0 Å². The van der Waals surface area contributed by atoms with Crippen LogP contribution in [-0.4, -0.2) is 27.4 Å². The molecular formula is C24H21F3N4Si. The number of aromatic nitrogens is 4. The molecular weight excluding hydrogens is 429 g/mol. The van der Waals surface area contributed by atoms with Crippen LogP contribution in [0, 0.1) is 6.92 Å². The lowest BCUT2D eigenvalue weighted by atomic mass is 10.0. The van der Waals surface area contributed by atoms with Gasteiger partial charge in [-0.25, -0.2) is 9.97 Å². The number of hydrogen-bond acceptors (Lipinski definition) is 3. The third-order valence-corrected chi connectivity index (χ3v) is 7.73. The van der Waals surface area contributed by atoms with Gasteiger partial charge in [-0.15, -0.1) is 0 Å². The van der Waals surface area contributed by atoms with Crippen LogP contribution in [0.5, 0.6) is 0 Å². The van der Waals surface area contributed by atoms with Gasteiger partial charge in [0.1, 0.15) is 16.6 Å². The molecule has 0 aliphatic heterocycles. The van der Waals surface area contributed by atoms with E-state index in [0.29, 0.717) is 11.2 Å². The summed E-state index contributed by atoms with van der Waals surface area (Å²) in [5.41, 5.74) is 1.74. The lowest BCUT2D eigenvalue weighted by molar-refractivity contribution is -0.136. The number of benzene rings is 2. The van der Waals surface area contributed by atoms with Crippen LogP contribution in [0.25, 0.3) is 38.8 Å². The number of imidazole rings is 1. The van der Waals surface area contributed by atoms with Gasteiger partial charge in [-0.3, -0.25) is 9.38 Å². The van der Waals surface area contributed by atoms with Gasteiger partial charge >= 0.3 is 6.18 Å². The van der Waals surface area contributed by atoms with E-state index in [-0.39, 0.29) is 11.3 Å². The zero-order chi connectivity index (χ0) is 22.8. The Morgan fingerprint density at radius 1 is 1.00 bits per heavy atom. The minimum Gasteiger partial charge on any atom is -0.281 e. The smallest absolute Gasteiger partial charge is 0.281 e. The van der Waals surface area contributed by atoms with E-state index in [4.69, 9.17) is 0 Å². The molecule has 0 N–H and O–H groups in total. The van der Waals surface area contributed by atoms with Gasteiger partial charge in [-0.2, -0.15) is 13.2 Å². The molecule has 162 valence electrons. The molecule has 0 bridgehead atoms. The molecule has 0 saturated carbocycles. The monoisotopic (exact) mass is 450 g/mol. The van der Waals surface area contributed by atoms with Crippen molar-refractivity contribution in [3.05, 3.63) is 66.1 Å². The van der Waals surface area contributed by atoms with E-state index < -0.39 is 19.8 Å². The number of hydrogen-bond donors (Lipinski definition) is 0. The Morgan fingerprint density at radius 2 is 1.78 bits per heavy atom. The summed E-state index contributed by atoms with van der Waals surface area (Å²) in [7, 11) is -1.77. The van der Waals surface area contributed by atoms with Crippen molar-refractivity contribution in [3.63, 3.8) is 0 Å². The first-order valence-electron chi connectivity index (χ1n) is 10.3. The molecule has 8 heteroatoms. The maximum Gasteiger partial charge on any atom is 0.420 e. The molecule has 32 heavy (non-hydrogen) atoms. The fourth-order valence-electron chi connectivity index (χ4n) is 4.20. The molecule has 5 rings (SSSR count). The van der Waals surface area contributed by atoms with Crippen molar-refractivity contribution in [2.24, 2.45) is 0 Å². The first-order valence-corrected chi connectivity index (χ1v) is 13.8. The van der Waals surface area contributed by atoms with E-state index in [1.807, 2.05) is 12.1 Å². The lowest BCUT2D eigenvalue weighted by Gasteiger charge is -2.21. The summed E-state index contributed by atoms with van der Waals surface area (Å²) in [6.07, 6.45) is -0.486. The summed E-state index contributed by atoms with van der Waals surface area (Å²) >= 11 is 0. The van der Waals surface area contributed by atoms with Gasteiger partial charge in [0.05, 0.1) is 13.8 Å². The van der Waals surface area contributed by atoms with Gasteiger partial charge in [-0.1, -0.05) is 54.7 Å². The molecule has 0 aliphatic carbocycles. The van der Waals surface area contributed by atoms with Crippen molar-refractivity contribution in [1.29, 1.82) is 0 Å². The van der Waals surface area contributed by atoms with E-state index in [1.54, 1.807) is 16.7 Å². The molecule has 4 nitrogen and oxygen atoms in total. The van der Waals surface area contributed by atoms with Crippen molar-refractivity contribution in [2.45, 2.75) is 32.7 Å². The molecule has 0 atom stereocenters. The highest BCUT2D eigenvalue weighted by Gasteiger charge is 2.36. The fraction of sp³-hybridized carbons (Fsp3) is 0.208. The first kappa shape index (κ1) is 20.6. The van der Waals surface area contributed by atoms with E-state index in [2.05, 4.69) is 59.7 Å². The SMILES string of the molecule is Cc1ccc2cc(-c3ncc(C(F)(F)F)c4nc5ncccn5c34)cc([Si](C)(C)C)c2c1. The Labute approximate surface area is 183 Å². The zero-order valence-corrected chi connectivity index (χ0v) is 19.1. The quantitative estimate of drug-likeness (QED) is 0.311. The highest BCUT2D eigenvalue weighted by Crippen LogP contribution is 2.38. The van der Waals surface area contributed by atoms with Crippen LogP contribution in [0.3, 0.4) is 0 Å². The average molecular weight is 451 g/mol. The number of alkyl halides is 3. The predicted octanol–water partition coefficient (Wildman–Crippen LogP) is 5.97. The molecule has 3 aromatic heterocycles. The van der Waals surface area contributed by atoms with Crippen LogP contribution in [-0.2, 0) is 6.18 Å². The summed E-state index contributed by atoms with van der Waals surface area (Å²) in [5.74, 6) is 0.212. The maximum atomic E-state index is 13.7.